The fourth-order valence-corrected chi connectivity index (χ4v) is 1.65. The Labute approximate surface area is 88.8 Å². The maximum absolute atomic E-state index is 10.6. The van der Waals surface area contributed by atoms with Crippen molar-refractivity contribution in [2.45, 2.75) is 20.3 Å². The zero-order valence-electron chi connectivity index (χ0n) is 8.97. The molecule has 0 aromatic carbocycles. The van der Waals surface area contributed by atoms with Crippen molar-refractivity contribution >= 4 is 11.9 Å². The van der Waals surface area contributed by atoms with Gasteiger partial charge in [-0.15, -0.1) is 0 Å². The Balaban J connectivity index is 2.42. The van der Waals surface area contributed by atoms with Gasteiger partial charge in [-0.25, -0.2) is 4.98 Å². The smallest absolute Gasteiger partial charge is 0.151 e. The second kappa shape index (κ2) is 3.85. The van der Waals surface area contributed by atoms with Crippen LogP contribution >= 0.6 is 0 Å². The average molecular weight is 202 g/mol. The number of imidazole rings is 1. The van der Waals surface area contributed by atoms with Gasteiger partial charge in [0.1, 0.15) is 5.65 Å². The summed E-state index contributed by atoms with van der Waals surface area (Å²) in [7, 11) is 0. The summed E-state index contributed by atoms with van der Waals surface area (Å²) in [6.45, 7) is 4.34. The van der Waals surface area contributed by atoms with Crippen LogP contribution in [0, 0.1) is 5.92 Å². The van der Waals surface area contributed by atoms with Crippen LogP contribution in [-0.4, -0.2) is 15.7 Å². The van der Waals surface area contributed by atoms with Gasteiger partial charge in [0.05, 0.1) is 5.69 Å². The number of rotatable bonds is 3. The van der Waals surface area contributed by atoms with Crippen molar-refractivity contribution in [3.05, 3.63) is 35.8 Å². The first kappa shape index (κ1) is 9.90. The topological polar surface area (TPSA) is 34.4 Å². The Bertz CT molecular complexity index is 485. The van der Waals surface area contributed by atoms with Gasteiger partial charge in [-0.3, -0.25) is 4.79 Å². The molecule has 3 nitrogen and oxygen atoms in total. The van der Waals surface area contributed by atoms with E-state index in [-0.39, 0.29) is 0 Å². The van der Waals surface area contributed by atoms with Crippen molar-refractivity contribution in [3.63, 3.8) is 0 Å². The van der Waals surface area contributed by atoms with Crippen LogP contribution in [0.3, 0.4) is 0 Å². The number of carbonyl (C=O) groups excluding carboxylic acids is 1. The van der Waals surface area contributed by atoms with Crippen molar-refractivity contribution in [1.29, 1.82) is 0 Å². The largest absolute Gasteiger partial charge is 0.306 e. The van der Waals surface area contributed by atoms with Crippen molar-refractivity contribution in [2.75, 3.05) is 0 Å². The minimum atomic E-state index is 0.598. The zero-order chi connectivity index (χ0) is 10.8. The Morgan fingerprint density at radius 2 is 2.20 bits per heavy atom. The molecule has 0 saturated heterocycles. The first-order valence-corrected chi connectivity index (χ1v) is 5.12. The van der Waals surface area contributed by atoms with Crippen molar-refractivity contribution in [1.82, 2.24) is 9.38 Å². The van der Waals surface area contributed by atoms with E-state index in [1.807, 2.05) is 16.7 Å². The zero-order valence-corrected chi connectivity index (χ0v) is 8.97. The van der Waals surface area contributed by atoms with E-state index in [0.29, 0.717) is 11.5 Å². The highest BCUT2D eigenvalue weighted by Gasteiger charge is 2.04. The molecule has 0 radical (unpaired) electrons. The molecule has 2 aromatic heterocycles. The van der Waals surface area contributed by atoms with Crippen LogP contribution in [-0.2, 0) is 6.42 Å². The highest BCUT2D eigenvalue weighted by molar-refractivity contribution is 5.74. The number of nitrogens with zero attached hydrogens (tertiary/aromatic N) is 2. The molecule has 0 amide bonds. The monoisotopic (exact) mass is 202 g/mol. The Hall–Kier alpha value is -1.64. The summed E-state index contributed by atoms with van der Waals surface area (Å²) in [5.74, 6) is 0.598. The van der Waals surface area contributed by atoms with Gasteiger partial charge < -0.3 is 4.40 Å². The summed E-state index contributed by atoms with van der Waals surface area (Å²) in [5.41, 5.74) is 2.65. The number of fused-ring (bicyclic) bond motifs is 1. The molecular formula is C12H14N2O. The third-order valence-corrected chi connectivity index (χ3v) is 2.28. The van der Waals surface area contributed by atoms with Crippen LogP contribution in [0.2, 0.25) is 0 Å². The van der Waals surface area contributed by atoms with Crippen molar-refractivity contribution in [3.8, 4) is 0 Å². The molecule has 15 heavy (non-hydrogen) atoms. The number of aldehydes is 1. The highest BCUT2D eigenvalue weighted by atomic mass is 16.1. The maximum atomic E-state index is 10.6. The quantitative estimate of drug-likeness (QED) is 0.716. The number of pyridine rings is 1. The normalized spacial score (nSPS) is 11.1. The van der Waals surface area contributed by atoms with Gasteiger partial charge in [-0.05, 0) is 24.5 Å². The first-order valence-electron chi connectivity index (χ1n) is 5.12. The number of carbonyl (C=O) groups is 1. The van der Waals surface area contributed by atoms with Crippen LogP contribution in [0.15, 0.2) is 24.5 Å². The Morgan fingerprint density at radius 1 is 1.40 bits per heavy atom. The predicted octanol–water partition coefficient (Wildman–Crippen LogP) is 2.35. The van der Waals surface area contributed by atoms with Gasteiger partial charge in [0.2, 0.25) is 0 Å². The van der Waals surface area contributed by atoms with Gasteiger partial charge in [0, 0.05) is 18.0 Å². The second-order valence-electron chi connectivity index (χ2n) is 4.18. The van der Waals surface area contributed by atoms with E-state index in [1.165, 1.54) is 0 Å². The van der Waals surface area contributed by atoms with Crippen LogP contribution in [0.5, 0.6) is 0 Å². The molecule has 3 heteroatoms. The van der Waals surface area contributed by atoms with Crippen LogP contribution < -0.4 is 0 Å². The van der Waals surface area contributed by atoms with Crippen LogP contribution in [0.25, 0.3) is 5.65 Å². The number of aromatic nitrogens is 2. The number of hydrogen-bond acceptors (Lipinski definition) is 2. The number of hydrogen-bond donors (Lipinski definition) is 0. The lowest BCUT2D eigenvalue weighted by molar-refractivity contribution is 0.112. The second-order valence-corrected chi connectivity index (χ2v) is 4.18. The summed E-state index contributed by atoms with van der Waals surface area (Å²) in [4.78, 5) is 15.1. The highest BCUT2D eigenvalue weighted by Crippen LogP contribution is 2.10. The van der Waals surface area contributed by atoms with Gasteiger partial charge in [-0.1, -0.05) is 13.8 Å². The minimum absolute atomic E-state index is 0.598. The maximum Gasteiger partial charge on any atom is 0.151 e. The van der Waals surface area contributed by atoms with Gasteiger partial charge in [-0.2, -0.15) is 0 Å². The molecule has 0 saturated carbocycles. The van der Waals surface area contributed by atoms with Crippen molar-refractivity contribution < 1.29 is 4.79 Å². The molecule has 0 spiro atoms. The fraction of sp³-hybridized carbons (Fsp3) is 0.333. The molecule has 0 bridgehead atoms. The summed E-state index contributed by atoms with van der Waals surface area (Å²) >= 11 is 0. The molecule has 0 N–H and O–H groups in total. The molecule has 78 valence electrons. The molecule has 2 rings (SSSR count). The van der Waals surface area contributed by atoms with Gasteiger partial charge in [0.25, 0.3) is 0 Å². The SMILES string of the molecule is CC(C)Cc1cn2cc(C=O)ccc2n1. The molecule has 0 aliphatic heterocycles. The van der Waals surface area contributed by atoms with Crippen LogP contribution in [0.4, 0.5) is 0 Å². The molecule has 2 heterocycles. The molecule has 0 aliphatic rings. The summed E-state index contributed by atoms with van der Waals surface area (Å²) in [5, 5.41) is 0. The van der Waals surface area contributed by atoms with Crippen LogP contribution in [0.1, 0.15) is 29.9 Å². The van der Waals surface area contributed by atoms with E-state index >= 15 is 0 Å². The molecule has 0 fully saturated rings. The lowest BCUT2D eigenvalue weighted by atomic mass is 10.1. The third kappa shape index (κ3) is 2.06. The van der Waals surface area contributed by atoms with E-state index in [4.69, 9.17) is 0 Å². The minimum Gasteiger partial charge on any atom is -0.306 e. The Morgan fingerprint density at radius 3 is 2.87 bits per heavy atom. The van der Waals surface area contributed by atoms with Gasteiger partial charge >= 0.3 is 0 Å². The van der Waals surface area contributed by atoms with Crippen molar-refractivity contribution in [2.24, 2.45) is 5.92 Å². The molecule has 0 unspecified atom stereocenters. The van der Waals surface area contributed by atoms with E-state index in [0.717, 1.165) is 24.0 Å². The summed E-state index contributed by atoms with van der Waals surface area (Å²) in [6.07, 6.45) is 5.61. The molecule has 0 atom stereocenters. The molecule has 0 aliphatic carbocycles. The predicted molar refractivity (Wildman–Crippen MR) is 59.1 cm³/mol. The van der Waals surface area contributed by atoms with E-state index < -0.39 is 0 Å². The molecular weight excluding hydrogens is 188 g/mol. The van der Waals surface area contributed by atoms with E-state index in [9.17, 15) is 4.79 Å². The lowest BCUT2D eigenvalue weighted by Gasteiger charge is -1.97. The van der Waals surface area contributed by atoms with E-state index in [1.54, 1.807) is 12.3 Å². The van der Waals surface area contributed by atoms with Gasteiger partial charge in [0.15, 0.2) is 6.29 Å². The molecule has 2 aromatic rings. The summed E-state index contributed by atoms with van der Waals surface area (Å²) in [6, 6.07) is 3.65. The first-order chi connectivity index (χ1) is 7.19. The fourth-order valence-electron chi connectivity index (χ4n) is 1.65. The Kier molecular flexibility index (Phi) is 2.54. The average Bonchev–Trinajstić information content (AvgIpc) is 2.57. The summed E-state index contributed by atoms with van der Waals surface area (Å²) < 4.78 is 1.90. The lowest BCUT2D eigenvalue weighted by Crippen LogP contribution is -1.93. The standard InChI is InChI=1S/C12H14N2O/c1-9(2)5-11-7-14-6-10(8-15)3-4-12(14)13-11/h3-4,6-9H,5H2,1-2H3. The third-order valence-electron chi connectivity index (χ3n) is 2.28. The van der Waals surface area contributed by atoms with E-state index in [2.05, 4.69) is 18.8 Å².